The predicted octanol–water partition coefficient (Wildman–Crippen LogP) is 3.33. The van der Waals surface area contributed by atoms with Crippen molar-refractivity contribution in [2.75, 3.05) is 6.54 Å². The van der Waals surface area contributed by atoms with E-state index < -0.39 is 0 Å². The summed E-state index contributed by atoms with van der Waals surface area (Å²) in [6.07, 6.45) is 5.38. The van der Waals surface area contributed by atoms with Crippen LogP contribution in [0.5, 0.6) is 0 Å². The van der Waals surface area contributed by atoms with E-state index in [-0.39, 0.29) is 0 Å². The van der Waals surface area contributed by atoms with Gasteiger partial charge >= 0.3 is 0 Å². The summed E-state index contributed by atoms with van der Waals surface area (Å²) in [6.45, 7) is 11.4. The molecule has 0 bridgehead atoms. The van der Waals surface area contributed by atoms with E-state index in [1.165, 1.54) is 31.4 Å². The van der Waals surface area contributed by atoms with Gasteiger partial charge in [0.15, 0.2) is 0 Å². The largest absolute Gasteiger partial charge is 0.389 e. The fourth-order valence-electron chi connectivity index (χ4n) is 1.35. The third-order valence-electron chi connectivity index (χ3n) is 2.26. The number of hydrogen-bond acceptors (Lipinski definition) is 1. The Bertz CT molecular complexity index is 118. The highest BCUT2D eigenvalue weighted by Gasteiger charge is 2.07. The third kappa shape index (κ3) is 4.42. The zero-order valence-corrected chi connectivity index (χ0v) is 8.82. The van der Waals surface area contributed by atoms with Crippen LogP contribution >= 0.6 is 0 Å². The zero-order chi connectivity index (χ0) is 9.40. The van der Waals surface area contributed by atoms with E-state index in [1.54, 1.807) is 0 Å². The van der Waals surface area contributed by atoms with E-state index in [1.807, 2.05) is 13.8 Å². The van der Waals surface area contributed by atoms with Crippen molar-refractivity contribution in [2.24, 2.45) is 5.92 Å². The molecule has 72 valence electrons. The average molecular weight is 169 g/mol. The molecular weight excluding hydrogens is 146 g/mol. The summed E-state index contributed by atoms with van der Waals surface area (Å²) in [7, 11) is 0. The monoisotopic (exact) mass is 169 g/mol. The van der Waals surface area contributed by atoms with Gasteiger partial charge in [0.25, 0.3) is 0 Å². The van der Waals surface area contributed by atoms with Crippen LogP contribution in [0.3, 0.4) is 0 Å². The molecule has 1 saturated heterocycles. The maximum absolute atomic E-state index is 3.99. The van der Waals surface area contributed by atoms with Gasteiger partial charge in [-0.2, -0.15) is 0 Å². The molecule has 1 N–H and O–H groups in total. The van der Waals surface area contributed by atoms with E-state index in [4.69, 9.17) is 0 Å². The molecule has 12 heavy (non-hydrogen) atoms. The third-order valence-corrected chi connectivity index (χ3v) is 2.26. The second-order valence-electron chi connectivity index (χ2n) is 3.20. The molecule has 1 heterocycles. The molecule has 0 aromatic rings. The van der Waals surface area contributed by atoms with Gasteiger partial charge in [0.2, 0.25) is 0 Å². The lowest BCUT2D eigenvalue weighted by atomic mass is 9.98. The first-order valence-electron chi connectivity index (χ1n) is 5.23. The van der Waals surface area contributed by atoms with Gasteiger partial charge in [0.1, 0.15) is 0 Å². The van der Waals surface area contributed by atoms with Gasteiger partial charge in [-0.3, -0.25) is 0 Å². The fourth-order valence-corrected chi connectivity index (χ4v) is 1.35. The van der Waals surface area contributed by atoms with Gasteiger partial charge in [0, 0.05) is 12.2 Å². The van der Waals surface area contributed by atoms with Crippen molar-refractivity contribution < 1.29 is 0 Å². The van der Waals surface area contributed by atoms with Gasteiger partial charge in [-0.15, -0.1) is 0 Å². The number of nitrogens with one attached hydrogen (secondary N) is 1. The minimum absolute atomic E-state index is 0.681. The Kier molecular flexibility index (Phi) is 6.93. The first kappa shape index (κ1) is 11.5. The lowest BCUT2D eigenvalue weighted by molar-refractivity contribution is 0.478. The Hall–Kier alpha value is -0.460. The second kappa shape index (κ2) is 7.20. The van der Waals surface area contributed by atoms with Gasteiger partial charge in [-0.1, -0.05) is 40.2 Å². The van der Waals surface area contributed by atoms with Crippen LogP contribution in [0.4, 0.5) is 0 Å². The lowest BCUT2D eigenvalue weighted by Gasteiger charge is -2.19. The van der Waals surface area contributed by atoms with Crippen LogP contribution in [-0.4, -0.2) is 6.54 Å². The maximum Gasteiger partial charge on any atom is 0.0143 e. The van der Waals surface area contributed by atoms with Gasteiger partial charge in [-0.25, -0.2) is 0 Å². The van der Waals surface area contributed by atoms with E-state index in [0.717, 1.165) is 6.54 Å². The van der Waals surface area contributed by atoms with E-state index in [2.05, 4.69) is 18.8 Å². The van der Waals surface area contributed by atoms with Gasteiger partial charge in [-0.05, 0) is 18.8 Å². The summed E-state index contributed by atoms with van der Waals surface area (Å²) in [5.41, 5.74) is 1.24. The highest BCUT2D eigenvalue weighted by Crippen LogP contribution is 2.16. The smallest absolute Gasteiger partial charge is 0.0143 e. The molecule has 1 atom stereocenters. The topological polar surface area (TPSA) is 12.0 Å². The zero-order valence-electron chi connectivity index (χ0n) is 8.82. The first-order valence-corrected chi connectivity index (χ1v) is 5.23. The molecule has 0 spiro atoms. The standard InChI is InChI=1S/C9H17N.C2H6/c1-8-6-4-3-5-7-10-9(8)2;1-2/h8,10H,2-7H2,1H3;1-2H3/t8-;/m0./s1. The summed E-state index contributed by atoms with van der Waals surface area (Å²) < 4.78 is 0. The lowest BCUT2D eigenvalue weighted by Crippen LogP contribution is -2.21. The Balaban J connectivity index is 0.000000561. The minimum atomic E-state index is 0.681. The van der Waals surface area contributed by atoms with Gasteiger partial charge < -0.3 is 5.32 Å². The maximum atomic E-state index is 3.99. The predicted molar refractivity (Wildman–Crippen MR) is 56.1 cm³/mol. The number of allylic oxidation sites excluding steroid dienone is 1. The summed E-state index contributed by atoms with van der Waals surface area (Å²) in [5.74, 6) is 0.681. The van der Waals surface area contributed by atoms with Crippen molar-refractivity contribution >= 4 is 0 Å². The van der Waals surface area contributed by atoms with Crippen LogP contribution in [0.15, 0.2) is 12.3 Å². The summed E-state index contributed by atoms with van der Waals surface area (Å²) in [4.78, 5) is 0. The summed E-state index contributed by atoms with van der Waals surface area (Å²) in [5, 5.41) is 3.34. The minimum Gasteiger partial charge on any atom is -0.389 e. The second-order valence-corrected chi connectivity index (χ2v) is 3.20. The molecule has 0 amide bonds. The van der Waals surface area contributed by atoms with Crippen LogP contribution < -0.4 is 5.32 Å². The molecule has 0 aromatic heterocycles. The van der Waals surface area contributed by atoms with Crippen LogP contribution in [0.25, 0.3) is 0 Å². The Morgan fingerprint density at radius 3 is 2.58 bits per heavy atom. The molecule has 1 fully saturated rings. The SMILES string of the molecule is C=C1NCCCCC[C@@H]1C.CC. The quantitative estimate of drug-likeness (QED) is 0.586. The van der Waals surface area contributed by atoms with Crippen molar-refractivity contribution in [3.05, 3.63) is 12.3 Å². The fraction of sp³-hybridized carbons (Fsp3) is 0.818. The summed E-state index contributed by atoms with van der Waals surface area (Å²) in [6, 6.07) is 0. The normalized spacial score (nSPS) is 24.2. The Morgan fingerprint density at radius 1 is 1.25 bits per heavy atom. The number of rotatable bonds is 0. The molecule has 1 aliphatic rings. The average Bonchev–Trinajstić information content (AvgIpc) is 2.11. The molecule has 1 heteroatoms. The molecule has 0 unspecified atom stereocenters. The van der Waals surface area contributed by atoms with E-state index in [9.17, 15) is 0 Å². The highest BCUT2D eigenvalue weighted by atomic mass is 14.9. The van der Waals surface area contributed by atoms with E-state index in [0.29, 0.717) is 5.92 Å². The van der Waals surface area contributed by atoms with E-state index >= 15 is 0 Å². The highest BCUT2D eigenvalue weighted by molar-refractivity contribution is 4.96. The molecule has 0 aromatic carbocycles. The van der Waals surface area contributed by atoms with Crippen LogP contribution in [0.2, 0.25) is 0 Å². The van der Waals surface area contributed by atoms with Crippen molar-refractivity contribution in [2.45, 2.75) is 46.5 Å². The molecule has 0 aliphatic carbocycles. The van der Waals surface area contributed by atoms with Crippen molar-refractivity contribution in [3.8, 4) is 0 Å². The molecule has 0 saturated carbocycles. The van der Waals surface area contributed by atoms with Gasteiger partial charge in [0.05, 0.1) is 0 Å². The first-order chi connectivity index (χ1) is 5.80. The summed E-state index contributed by atoms with van der Waals surface area (Å²) >= 11 is 0. The molecule has 1 nitrogen and oxygen atoms in total. The Labute approximate surface area is 77.2 Å². The van der Waals surface area contributed by atoms with Crippen LogP contribution in [0.1, 0.15) is 46.5 Å². The molecule has 0 radical (unpaired) electrons. The van der Waals surface area contributed by atoms with Crippen molar-refractivity contribution in [3.63, 3.8) is 0 Å². The molecule has 1 rings (SSSR count). The molecule has 1 aliphatic heterocycles. The van der Waals surface area contributed by atoms with Crippen LogP contribution in [-0.2, 0) is 0 Å². The van der Waals surface area contributed by atoms with Crippen molar-refractivity contribution in [1.29, 1.82) is 0 Å². The Morgan fingerprint density at radius 2 is 1.92 bits per heavy atom. The van der Waals surface area contributed by atoms with Crippen molar-refractivity contribution in [1.82, 2.24) is 5.32 Å². The van der Waals surface area contributed by atoms with Crippen LogP contribution in [0, 0.1) is 5.92 Å². The molecular formula is C11H23N. The number of hydrogen-bond donors (Lipinski definition) is 1.